The second-order valence-corrected chi connectivity index (χ2v) is 16.2. The summed E-state index contributed by atoms with van der Waals surface area (Å²) in [6.45, 7) is -0.580. The van der Waals surface area contributed by atoms with Crippen molar-refractivity contribution in [3.63, 3.8) is 0 Å². The van der Waals surface area contributed by atoms with Gasteiger partial charge in [-0.15, -0.1) is 0 Å². The van der Waals surface area contributed by atoms with Crippen LogP contribution < -0.4 is 9.47 Å². The van der Waals surface area contributed by atoms with Gasteiger partial charge >= 0.3 is 0 Å². The number of hydrogen-bond donors (Lipinski definition) is 2. The average Bonchev–Trinajstić information content (AvgIpc) is 3.17. The van der Waals surface area contributed by atoms with Crippen LogP contribution in [0.15, 0.2) is 94.7 Å². The van der Waals surface area contributed by atoms with Gasteiger partial charge in [-0.3, -0.25) is 38.1 Å². The van der Waals surface area contributed by atoms with E-state index >= 15 is 0 Å². The lowest BCUT2D eigenvalue weighted by molar-refractivity contribution is 0.0583. The van der Waals surface area contributed by atoms with E-state index in [9.17, 15) is 45.1 Å². The smallest absolute Gasteiger partial charge is 0.298 e. The van der Waals surface area contributed by atoms with E-state index in [0.717, 1.165) is 21.9 Å². The molecule has 4 amide bonds. The van der Waals surface area contributed by atoms with E-state index in [0.29, 0.717) is 43.1 Å². The molecule has 14 nitrogen and oxygen atoms in total. The molecule has 0 saturated heterocycles. The summed E-state index contributed by atoms with van der Waals surface area (Å²) in [5.41, 5.74) is 1.50. The molecule has 56 heavy (non-hydrogen) atoms. The number of benzene rings is 7. The van der Waals surface area contributed by atoms with Gasteiger partial charge in [-0.1, -0.05) is 36.4 Å². The number of carbonyl (C=O) groups is 4. The lowest BCUT2D eigenvalue weighted by Gasteiger charge is -2.30. The predicted molar refractivity (Wildman–Crippen MR) is 202 cm³/mol. The third-order valence-corrected chi connectivity index (χ3v) is 12.2. The monoisotopic (exact) mass is 790 g/mol. The molecule has 9 rings (SSSR count). The van der Waals surface area contributed by atoms with Crippen LogP contribution in [0.5, 0.6) is 11.5 Å². The average molecular weight is 791 g/mol. The molecule has 0 bridgehead atoms. The van der Waals surface area contributed by atoms with Gasteiger partial charge in [0.2, 0.25) is 0 Å². The first kappa shape index (κ1) is 35.3. The minimum Gasteiger partial charge on any atom is -0.495 e. The molecule has 2 aliphatic rings. The lowest BCUT2D eigenvalue weighted by Crippen LogP contribution is -2.40. The Labute approximate surface area is 317 Å². The summed E-state index contributed by atoms with van der Waals surface area (Å²) in [7, 11) is -6.87. The Morgan fingerprint density at radius 1 is 0.464 bits per heavy atom. The molecular formula is C40H26N2O12S2. The highest BCUT2D eigenvalue weighted by Crippen LogP contribution is 2.46. The van der Waals surface area contributed by atoms with Gasteiger partial charge in [0.25, 0.3) is 43.9 Å². The molecule has 0 fully saturated rings. The van der Waals surface area contributed by atoms with Gasteiger partial charge in [0.1, 0.15) is 21.3 Å². The number of ether oxygens (including phenoxy) is 2. The van der Waals surface area contributed by atoms with Crippen LogP contribution in [0.1, 0.15) is 52.6 Å². The van der Waals surface area contributed by atoms with Gasteiger partial charge in [0.05, 0.1) is 27.3 Å². The minimum absolute atomic E-state index is 0.103. The molecule has 0 atom stereocenters. The van der Waals surface area contributed by atoms with Crippen molar-refractivity contribution in [2.75, 3.05) is 14.2 Å². The fourth-order valence-electron chi connectivity index (χ4n) is 8.06. The number of hydrogen-bond acceptors (Lipinski definition) is 10. The Morgan fingerprint density at radius 2 is 0.768 bits per heavy atom. The zero-order valence-corrected chi connectivity index (χ0v) is 30.8. The van der Waals surface area contributed by atoms with E-state index < -0.39 is 53.7 Å². The van der Waals surface area contributed by atoms with E-state index in [1.165, 1.54) is 38.5 Å². The lowest BCUT2D eigenvalue weighted by atomic mass is 9.82. The molecule has 280 valence electrons. The van der Waals surface area contributed by atoms with Crippen molar-refractivity contribution >= 4 is 87.0 Å². The summed E-state index contributed by atoms with van der Waals surface area (Å²) in [5, 5.41) is 4.85. The number of nitrogens with zero attached hydrogens (tertiary/aromatic N) is 2. The number of amides is 4. The third-order valence-electron chi connectivity index (χ3n) is 10.5. The quantitative estimate of drug-likeness (QED) is 0.0807. The maximum absolute atomic E-state index is 14.0. The first-order valence-corrected chi connectivity index (χ1v) is 19.7. The van der Waals surface area contributed by atoms with Gasteiger partial charge in [-0.25, -0.2) is 0 Å². The van der Waals surface area contributed by atoms with Gasteiger partial charge in [-0.2, -0.15) is 16.8 Å². The molecular weight excluding hydrogens is 765 g/mol. The van der Waals surface area contributed by atoms with Crippen LogP contribution in [0.25, 0.3) is 43.1 Å². The highest BCUT2D eigenvalue weighted by atomic mass is 32.2. The standard InChI is InChI=1S/C40H26N2O12S2/c1-53-29-13-3-19(15-31(29)55(47,48)49)17-41-37(43)25-9-5-21-23-7-11-27-36-28(12-8-24(34(23)36)22-6-10-26(38(41)44)35(25)33(21)22)40(46)42(39(27)45)18-20-4-14-30(54-2)32(16-20)56(50,51)52/h3-16H,17-18H2,1-2H3,(H,47,48,49)(H,50,51,52). The number of rotatable bonds is 8. The number of methoxy groups -OCH3 is 2. The number of fused-ring (bicyclic) bond motifs is 2. The minimum atomic E-state index is -4.68. The normalized spacial score (nSPS) is 14.6. The zero-order chi connectivity index (χ0) is 39.6. The molecule has 2 N–H and O–H groups in total. The van der Waals surface area contributed by atoms with E-state index in [-0.39, 0.29) is 58.0 Å². The van der Waals surface area contributed by atoms with E-state index in [4.69, 9.17) is 9.47 Å². The highest BCUT2D eigenvalue weighted by Gasteiger charge is 2.37. The fourth-order valence-corrected chi connectivity index (χ4v) is 9.47. The van der Waals surface area contributed by atoms with Crippen molar-refractivity contribution in [2.45, 2.75) is 22.9 Å². The number of carbonyl (C=O) groups excluding carboxylic acids is 4. The molecule has 0 unspecified atom stereocenters. The van der Waals surface area contributed by atoms with Crippen molar-refractivity contribution in [3.8, 4) is 11.5 Å². The van der Waals surface area contributed by atoms with Gasteiger partial charge < -0.3 is 9.47 Å². The van der Waals surface area contributed by atoms with Crippen LogP contribution in [0.2, 0.25) is 0 Å². The van der Waals surface area contributed by atoms with Gasteiger partial charge in [-0.05, 0) is 92.0 Å². The molecule has 0 aromatic heterocycles. The molecule has 2 heterocycles. The SMILES string of the molecule is COc1ccc(CN2C(=O)c3ccc4c5ccc6c7c(ccc(c8ccc(c3c48)C2=O)c75)C(=O)N(Cc2ccc(OC)c(S(=O)(=O)O)c2)C6=O)cc1S(=O)(=O)O. The molecule has 2 aliphatic heterocycles. The zero-order valence-electron chi connectivity index (χ0n) is 29.2. The molecule has 16 heteroatoms. The second kappa shape index (κ2) is 12.0. The Kier molecular flexibility index (Phi) is 7.57. The summed E-state index contributed by atoms with van der Waals surface area (Å²) in [6, 6.07) is 21.4. The predicted octanol–water partition coefficient (Wildman–Crippen LogP) is 5.84. The largest absolute Gasteiger partial charge is 0.495 e. The van der Waals surface area contributed by atoms with Crippen LogP contribution in [0.4, 0.5) is 0 Å². The van der Waals surface area contributed by atoms with Crippen molar-refractivity contribution < 1.29 is 54.6 Å². The molecule has 0 radical (unpaired) electrons. The Hall–Kier alpha value is -6.46. The van der Waals surface area contributed by atoms with Crippen LogP contribution in [-0.2, 0) is 33.3 Å². The van der Waals surface area contributed by atoms with Crippen molar-refractivity contribution in [1.29, 1.82) is 0 Å². The maximum Gasteiger partial charge on any atom is 0.298 e. The molecule has 7 aromatic carbocycles. The van der Waals surface area contributed by atoms with Gasteiger partial charge in [0, 0.05) is 33.0 Å². The summed E-state index contributed by atoms with van der Waals surface area (Å²) in [5.74, 6) is -2.64. The third kappa shape index (κ3) is 5.00. The first-order chi connectivity index (χ1) is 26.6. The van der Waals surface area contributed by atoms with Crippen molar-refractivity contribution in [3.05, 3.63) is 118 Å². The van der Waals surface area contributed by atoms with Crippen LogP contribution in [0.3, 0.4) is 0 Å². The molecule has 0 saturated carbocycles. The van der Waals surface area contributed by atoms with Gasteiger partial charge in [0.15, 0.2) is 0 Å². The first-order valence-electron chi connectivity index (χ1n) is 16.8. The van der Waals surface area contributed by atoms with Crippen LogP contribution in [0, 0.1) is 0 Å². The van der Waals surface area contributed by atoms with Crippen molar-refractivity contribution in [2.24, 2.45) is 0 Å². The summed E-state index contributed by atoms with van der Waals surface area (Å²) < 4.78 is 77.7. The highest BCUT2D eigenvalue weighted by molar-refractivity contribution is 7.86. The molecule has 0 spiro atoms. The summed E-state index contributed by atoms with van der Waals surface area (Å²) in [4.78, 5) is 57.2. The Bertz CT molecular complexity index is 2880. The summed E-state index contributed by atoms with van der Waals surface area (Å²) >= 11 is 0. The van der Waals surface area contributed by atoms with E-state index in [1.807, 2.05) is 0 Å². The van der Waals surface area contributed by atoms with E-state index in [1.54, 1.807) is 48.5 Å². The van der Waals surface area contributed by atoms with Crippen LogP contribution >= 0.6 is 0 Å². The summed E-state index contributed by atoms with van der Waals surface area (Å²) in [6.07, 6.45) is 0. The second-order valence-electron chi connectivity index (χ2n) is 13.5. The van der Waals surface area contributed by atoms with Crippen LogP contribution in [-0.4, -0.2) is 73.6 Å². The molecule has 0 aliphatic carbocycles. The fraction of sp³-hybridized carbons (Fsp3) is 0.100. The van der Waals surface area contributed by atoms with E-state index in [2.05, 4.69) is 0 Å². The maximum atomic E-state index is 14.0. The Morgan fingerprint density at radius 3 is 1.04 bits per heavy atom. The Balaban J connectivity index is 1.15. The van der Waals surface area contributed by atoms with Crippen molar-refractivity contribution in [1.82, 2.24) is 9.80 Å². The molecule has 7 aromatic rings. The topological polar surface area (TPSA) is 202 Å². The number of imide groups is 2.